The minimum atomic E-state index is -0.629. The van der Waals surface area contributed by atoms with Gasteiger partial charge in [0, 0.05) is 5.56 Å². The lowest BCUT2D eigenvalue weighted by molar-refractivity contribution is -0.122. The zero-order valence-electron chi connectivity index (χ0n) is 12.8. The maximum Gasteiger partial charge on any atom is 0.244 e. The van der Waals surface area contributed by atoms with Gasteiger partial charge in [0.2, 0.25) is 5.91 Å². The minimum absolute atomic E-state index is 0.0187. The first-order chi connectivity index (χ1) is 9.92. The van der Waals surface area contributed by atoms with Crippen LogP contribution in [0, 0.1) is 0 Å². The number of anilines is 1. The van der Waals surface area contributed by atoms with Gasteiger partial charge in [-0.3, -0.25) is 19.4 Å². The number of fused-ring (bicyclic) bond motifs is 1. The van der Waals surface area contributed by atoms with E-state index in [4.69, 9.17) is 4.74 Å². The fourth-order valence-corrected chi connectivity index (χ4v) is 2.91. The van der Waals surface area contributed by atoms with Crippen LogP contribution in [-0.2, 0) is 4.79 Å². The topological polar surface area (TPSA) is 49.9 Å². The average molecular weight is 288 g/mol. The Balaban J connectivity index is 2.06. The van der Waals surface area contributed by atoms with E-state index in [0.717, 1.165) is 18.5 Å². The van der Waals surface area contributed by atoms with Gasteiger partial charge in [0.1, 0.15) is 11.3 Å². The number of ketones is 1. The molecule has 0 saturated heterocycles. The molecule has 0 bridgehead atoms. The van der Waals surface area contributed by atoms with E-state index in [1.54, 1.807) is 24.1 Å². The van der Waals surface area contributed by atoms with Gasteiger partial charge in [-0.2, -0.15) is 0 Å². The molecule has 1 aromatic carbocycles. The Kier molecular flexibility index (Phi) is 3.06. The number of hydrogen-bond donors (Lipinski definition) is 0. The lowest BCUT2D eigenvalue weighted by Gasteiger charge is -2.29. The van der Waals surface area contributed by atoms with Crippen molar-refractivity contribution in [2.75, 3.05) is 26.1 Å². The smallest absolute Gasteiger partial charge is 0.244 e. The van der Waals surface area contributed by atoms with Crippen LogP contribution in [0.1, 0.15) is 30.1 Å². The molecule has 5 nitrogen and oxygen atoms in total. The number of hydrogen-bond acceptors (Lipinski definition) is 4. The molecule has 1 fully saturated rings. The van der Waals surface area contributed by atoms with Crippen LogP contribution in [0.4, 0.5) is 5.69 Å². The van der Waals surface area contributed by atoms with Crippen LogP contribution in [0.3, 0.4) is 0 Å². The average Bonchev–Trinajstić information content (AvgIpc) is 3.22. The highest BCUT2D eigenvalue weighted by Crippen LogP contribution is 2.53. The van der Waals surface area contributed by atoms with E-state index in [1.165, 1.54) is 0 Å². The third-order valence-electron chi connectivity index (χ3n) is 4.62. The molecular weight excluding hydrogens is 268 g/mol. The number of carbonyl (C=O) groups excluding carboxylic acids is 2. The van der Waals surface area contributed by atoms with Crippen molar-refractivity contribution in [3.8, 4) is 5.75 Å². The highest BCUT2D eigenvalue weighted by atomic mass is 16.5. The molecule has 0 aromatic heterocycles. The summed E-state index contributed by atoms with van der Waals surface area (Å²) in [6.45, 7) is 1.87. The molecule has 1 aromatic rings. The predicted molar refractivity (Wildman–Crippen MR) is 79.9 cm³/mol. The summed E-state index contributed by atoms with van der Waals surface area (Å²) in [5.41, 5.74) is 0.693. The van der Waals surface area contributed by atoms with Gasteiger partial charge >= 0.3 is 0 Å². The zero-order valence-corrected chi connectivity index (χ0v) is 12.8. The molecule has 1 unspecified atom stereocenters. The third kappa shape index (κ3) is 1.87. The van der Waals surface area contributed by atoms with Gasteiger partial charge in [-0.25, -0.2) is 0 Å². The van der Waals surface area contributed by atoms with Crippen molar-refractivity contribution in [2.45, 2.75) is 31.3 Å². The van der Waals surface area contributed by atoms with E-state index in [1.807, 2.05) is 32.0 Å². The molecule has 5 heteroatoms. The van der Waals surface area contributed by atoms with Crippen LogP contribution in [0.15, 0.2) is 18.2 Å². The van der Waals surface area contributed by atoms with E-state index in [2.05, 4.69) is 0 Å². The number of benzene rings is 1. The molecular formula is C16H20N2O3. The standard InChI is InChI=1S/C16H20N2O3/c1-10(17(2)3)15(20)18-13-6-5-11(21-4)9-12(13)14(19)16(18)7-8-16/h5-6,9-10H,7-8H2,1-4H3. The van der Waals surface area contributed by atoms with Crippen molar-refractivity contribution in [1.29, 1.82) is 0 Å². The third-order valence-corrected chi connectivity index (χ3v) is 4.62. The Morgan fingerprint density at radius 2 is 2.05 bits per heavy atom. The predicted octanol–water partition coefficient (Wildman–Crippen LogP) is 1.71. The largest absolute Gasteiger partial charge is 0.497 e. The van der Waals surface area contributed by atoms with Gasteiger partial charge < -0.3 is 4.74 Å². The van der Waals surface area contributed by atoms with Crippen molar-refractivity contribution >= 4 is 17.4 Å². The second kappa shape index (κ2) is 4.56. The number of carbonyl (C=O) groups is 2. The Morgan fingerprint density at radius 3 is 2.57 bits per heavy atom. The molecule has 2 aliphatic rings. The SMILES string of the molecule is COc1ccc2c(c1)C(=O)C1(CC1)N2C(=O)C(C)N(C)C. The normalized spacial score (nSPS) is 19.9. The van der Waals surface area contributed by atoms with Crippen LogP contribution >= 0.6 is 0 Å². The van der Waals surface area contributed by atoms with E-state index < -0.39 is 5.54 Å². The Labute approximate surface area is 124 Å². The van der Waals surface area contributed by atoms with E-state index in [9.17, 15) is 9.59 Å². The fraction of sp³-hybridized carbons (Fsp3) is 0.500. The molecule has 0 radical (unpaired) electrons. The first-order valence-electron chi connectivity index (χ1n) is 7.16. The van der Waals surface area contributed by atoms with Crippen LogP contribution in [0.2, 0.25) is 0 Å². The van der Waals surface area contributed by atoms with Crippen LogP contribution in [-0.4, -0.2) is 49.4 Å². The van der Waals surface area contributed by atoms with E-state index in [0.29, 0.717) is 11.3 Å². The molecule has 1 aliphatic heterocycles. The van der Waals surface area contributed by atoms with Crippen molar-refractivity contribution < 1.29 is 14.3 Å². The highest BCUT2D eigenvalue weighted by Gasteiger charge is 2.62. The number of Topliss-reactive ketones (excluding diaryl/α,β-unsaturated/α-hetero) is 1. The molecule has 1 heterocycles. The van der Waals surface area contributed by atoms with Crippen LogP contribution in [0.5, 0.6) is 5.75 Å². The van der Waals surface area contributed by atoms with Gasteiger partial charge in [-0.05, 0) is 52.1 Å². The molecule has 0 N–H and O–H groups in total. The number of amides is 1. The second-order valence-corrected chi connectivity index (χ2v) is 6.06. The summed E-state index contributed by atoms with van der Waals surface area (Å²) in [6.07, 6.45) is 1.49. The first kappa shape index (κ1) is 14.1. The monoisotopic (exact) mass is 288 g/mol. The van der Waals surface area contributed by atoms with E-state index >= 15 is 0 Å². The number of nitrogens with zero attached hydrogens (tertiary/aromatic N) is 2. The van der Waals surface area contributed by atoms with Crippen LogP contribution in [0.25, 0.3) is 0 Å². The maximum absolute atomic E-state index is 12.8. The summed E-state index contributed by atoms with van der Waals surface area (Å²) in [5.74, 6) is 0.679. The number of rotatable bonds is 3. The molecule has 112 valence electrons. The van der Waals surface area contributed by atoms with Crippen molar-refractivity contribution in [3.05, 3.63) is 23.8 Å². The second-order valence-electron chi connectivity index (χ2n) is 6.06. The summed E-state index contributed by atoms with van der Waals surface area (Å²) in [4.78, 5) is 29.1. The Hall–Kier alpha value is -1.88. The Bertz CT molecular complexity index is 620. The summed E-state index contributed by atoms with van der Waals surface area (Å²) >= 11 is 0. The lowest BCUT2D eigenvalue weighted by Crippen LogP contribution is -2.50. The maximum atomic E-state index is 12.8. The van der Waals surface area contributed by atoms with Crippen molar-refractivity contribution in [2.24, 2.45) is 0 Å². The van der Waals surface area contributed by atoms with Gasteiger partial charge in [0.05, 0.1) is 18.8 Å². The van der Waals surface area contributed by atoms with Gasteiger partial charge in [-0.15, -0.1) is 0 Å². The van der Waals surface area contributed by atoms with Gasteiger partial charge in [0.15, 0.2) is 5.78 Å². The van der Waals surface area contributed by atoms with E-state index in [-0.39, 0.29) is 17.7 Å². The minimum Gasteiger partial charge on any atom is -0.497 e. The molecule has 1 amide bonds. The van der Waals surface area contributed by atoms with Gasteiger partial charge in [0.25, 0.3) is 0 Å². The van der Waals surface area contributed by atoms with Crippen molar-refractivity contribution in [3.63, 3.8) is 0 Å². The van der Waals surface area contributed by atoms with Crippen molar-refractivity contribution in [1.82, 2.24) is 4.90 Å². The molecule has 1 saturated carbocycles. The number of likely N-dealkylation sites (N-methyl/N-ethyl adjacent to an activating group) is 1. The Morgan fingerprint density at radius 1 is 1.38 bits per heavy atom. The summed E-state index contributed by atoms with van der Waals surface area (Å²) in [6, 6.07) is 5.10. The molecule has 3 rings (SSSR count). The molecule has 1 aliphatic carbocycles. The molecule has 1 atom stereocenters. The summed E-state index contributed by atoms with van der Waals surface area (Å²) in [7, 11) is 5.31. The molecule has 1 spiro atoms. The lowest BCUT2D eigenvalue weighted by atomic mass is 10.1. The number of methoxy groups -OCH3 is 1. The summed E-state index contributed by atoms with van der Waals surface area (Å²) in [5, 5.41) is 0. The van der Waals surface area contributed by atoms with Gasteiger partial charge in [-0.1, -0.05) is 0 Å². The fourth-order valence-electron chi connectivity index (χ4n) is 2.91. The highest BCUT2D eigenvalue weighted by molar-refractivity contribution is 6.23. The quantitative estimate of drug-likeness (QED) is 0.849. The summed E-state index contributed by atoms with van der Waals surface area (Å²) < 4.78 is 5.19. The van der Waals surface area contributed by atoms with Crippen LogP contribution < -0.4 is 9.64 Å². The first-order valence-corrected chi connectivity index (χ1v) is 7.16. The number of ether oxygens (including phenoxy) is 1. The molecule has 21 heavy (non-hydrogen) atoms. The zero-order chi connectivity index (χ0) is 15.4.